The SMILES string of the molecule is Cc1nnc(C(S)=CC2=C(C(=O)OC(c3ccccc3)c3ccccc3)N3C(=O)C(N)C3SC2)s1. The van der Waals surface area contributed by atoms with E-state index in [9.17, 15) is 9.59 Å². The molecule has 2 N–H and O–H groups in total. The van der Waals surface area contributed by atoms with Crippen molar-refractivity contribution in [2.24, 2.45) is 5.73 Å². The van der Waals surface area contributed by atoms with Gasteiger partial charge in [0.15, 0.2) is 11.1 Å². The Labute approximate surface area is 216 Å². The van der Waals surface area contributed by atoms with Crippen LogP contribution in [0.2, 0.25) is 0 Å². The molecule has 35 heavy (non-hydrogen) atoms. The van der Waals surface area contributed by atoms with Gasteiger partial charge in [0.25, 0.3) is 0 Å². The number of carbonyl (C=O) groups excluding carboxylic acids is 2. The normalized spacial score (nSPS) is 20.1. The highest BCUT2D eigenvalue weighted by Gasteiger charge is 2.52. The fraction of sp³-hybridized carbons (Fsp3) is 0.200. The number of allylic oxidation sites excluding steroid dienone is 1. The van der Waals surface area contributed by atoms with Crippen molar-refractivity contribution in [3.63, 3.8) is 0 Å². The van der Waals surface area contributed by atoms with Crippen LogP contribution in [-0.2, 0) is 14.3 Å². The van der Waals surface area contributed by atoms with Crippen molar-refractivity contribution in [1.29, 1.82) is 0 Å². The number of carbonyl (C=O) groups is 2. The summed E-state index contributed by atoms with van der Waals surface area (Å²) in [5.41, 5.74) is 8.52. The molecule has 0 aliphatic carbocycles. The van der Waals surface area contributed by atoms with Gasteiger partial charge in [-0.3, -0.25) is 9.69 Å². The minimum absolute atomic E-state index is 0.199. The standard InChI is InChI=1S/C25H22N4O3S3/c1-14-27-28-22(35-14)18(33)12-17-13-34-24-19(26)23(30)29(24)20(17)25(31)32-21(15-8-4-2-5-9-15)16-10-6-3-7-11-16/h2-12,19,21,24,33H,13,26H2,1H3. The minimum atomic E-state index is -0.645. The second-order valence-corrected chi connectivity index (χ2v) is 10.8. The summed E-state index contributed by atoms with van der Waals surface area (Å²) in [5.74, 6) is -0.409. The molecule has 1 amide bonds. The van der Waals surface area contributed by atoms with Crippen molar-refractivity contribution in [2.75, 3.05) is 5.75 Å². The number of amides is 1. The number of β-lactam (4-membered cyclic amide) rings is 1. The van der Waals surface area contributed by atoms with Gasteiger partial charge in [0.1, 0.15) is 22.1 Å². The van der Waals surface area contributed by atoms with Gasteiger partial charge in [-0.25, -0.2) is 4.79 Å². The molecule has 0 radical (unpaired) electrons. The number of aryl methyl sites for hydroxylation is 1. The van der Waals surface area contributed by atoms with E-state index >= 15 is 0 Å². The molecular formula is C25H22N4O3S3. The topological polar surface area (TPSA) is 98.4 Å². The lowest BCUT2D eigenvalue weighted by atomic mass is 10.0. The summed E-state index contributed by atoms with van der Waals surface area (Å²) in [4.78, 5) is 28.5. The summed E-state index contributed by atoms with van der Waals surface area (Å²) in [7, 11) is 0. The van der Waals surface area contributed by atoms with Gasteiger partial charge in [-0.05, 0) is 29.7 Å². The number of hydrogen-bond donors (Lipinski definition) is 2. The van der Waals surface area contributed by atoms with Gasteiger partial charge >= 0.3 is 5.97 Å². The summed E-state index contributed by atoms with van der Waals surface area (Å²) >= 11 is 7.51. The number of nitrogens with two attached hydrogens (primary N) is 1. The molecule has 2 aromatic carbocycles. The van der Waals surface area contributed by atoms with Crippen molar-refractivity contribution in [1.82, 2.24) is 15.1 Å². The molecule has 0 saturated carbocycles. The lowest BCUT2D eigenvalue weighted by molar-refractivity contribution is -0.153. The Morgan fingerprint density at radius 1 is 1.14 bits per heavy atom. The number of hydrogen-bond acceptors (Lipinski definition) is 9. The van der Waals surface area contributed by atoms with Crippen LogP contribution in [0.15, 0.2) is 78.0 Å². The van der Waals surface area contributed by atoms with Gasteiger partial charge in [0.05, 0.1) is 0 Å². The molecule has 0 bridgehead atoms. The predicted molar refractivity (Wildman–Crippen MR) is 141 cm³/mol. The molecule has 3 aromatic rings. The van der Waals surface area contributed by atoms with E-state index in [1.54, 1.807) is 6.08 Å². The van der Waals surface area contributed by atoms with E-state index in [1.807, 2.05) is 67.6 Å². The molecule has 1 saturated heterocycles. The van der Waals surface area contributed by atoms with Crippen molar-refractivity contribution in [3.8, 4) is 0 Å². The number of rotatable bonds is 6. The highest BCUT2D eigenvalue weighted by Crippen LogP contribution is 2.42. The third kappa shape index (κ3) is 4.66. The Bertz CT molecular complexity index is 1280. The molecule has 2 unspecified atom stereocenters. The van der Waals surface area contributed by atoms with E-state index in [1.165, 1.54) is 28.0 Å². The van der Waals surface area contributed by atoms with Crippen LogP contribution in [0.5, 0.6) is 0 Å². The van der Waals surface area contributed by atoms with Crippen molar-refractivity contribution in [3.05, 3.63) is 99.2 Å². The first-order valence-electron chi connectivity index (χ1n) is 10.9. The van der Waals surface area contributed by atoms with Gasteiger partial charge in [-0.1, -0.05) is 72.0 Å². The van der Waals surface area contributed by atoms with Gasteiger partial charge < -0.3 is 10.5 Å². The van der Waals surface area contributed by atoms with Gasteiger partial charge in [-0.2, -0.15) is 0 Å². The van der Waals surface area contributed by atoms with E-state index in [4.69, 9.17) is 10.5 Å². The number of aromatic nitrogens is 2. The van der Waals surface area contributed by atoms with E-state index in [-0.39, 0.29) is 17.0 Å². The molecule has 3 heterocycles. The highest BCUT2D eigenvalue weighted by molar-refractivity contribution is 8.00. The van der Waals surface area contributed by atoms with Crippen LogP contribution in [0.3, 0.4) is 0 Å². The van der Waals surface area contributed by atoms with Gasteiger partial charge in [-0.15, -0.1) is 34.6 Å². The molecule has 7 nitrogen and oxygen atoms in total. The zero-order valence-corrected chi connectivity index (χ0v) is 21.2. The summed E-state index contributed by atoms with van der Waals surface area (Å²) in [6.45, 7) is 1.86. The first-order valence-corrected chi connectivity index (χ1v) is 13.2. The zero-order valence-electron chi connectivity index (χ0n) is 18.7. The maximum absolute atomic E-state index is 13.7. The van der Waals surface area contributed by atoms with Crippen LogP contribution in [0.4, 0.5) is 0 Å². The molecule has 2 aliphatic rings. The van der Waals surface area contributed by atoms with E-state index in [0.29, 0.717) is 21.2 Å². The van der Waals surface area contributed by atoms with Gasteiger partial charge in [0, 0.05) is 10.7 Å². The third-order valence-electron chi connectivity index (χ3n) is 5.72. The largest absolute Gasteiger partial charge is 0.448 e. The second-order valence-electron chi connectivity index (χ2n) is 8.07. The molecule has 2 atom stereocenters. The maximum Gasteiger partial charge on any atom is 0.356 e. The summed E-state index contributed by atoms with van der Waals surface area (Å²) in [6.07, 6.45) is 1.13. The smallest absolute Gasteiger partial charge is 0.356 e. The monoisotopic (exact) mass is 522 g/mol. The first-order chi connectivity index (χ1) is 16.9. The number of ether oxygens (including phenoxy) is 1. The number of thioether (sulfide) groups is 1. The predicted octanol–water partition coefficient (Wildman–Crippen LogP) is 3.95. The molecule has 1 aromatic heterocycles. The molecule has 178 valence electrons. The number of nitrogens with zero attached hydrogens (tertiary/aromatic N) is 3. The molecule has 1 fully saturated rings. The number of fused-ring (bicyclic) bond motifs is 1. The molecule has 10 heteroatoms. The Morgan fingerprint density at radius 3 is 2.34 bits per heavy atom. The van der Waals surface area contributed by atoms with Crippen molar-refractivity contribution in [2.45, 2.75) is 24.4 Å². The van der Waals surface area contributed by atoms with Crippen molar-refractivity contribution < 1.29 is 14.3 Å². The number of benzene rings is 2. The average Bonchev–Trinajstić information content (AvgIpc) is 3.33. The third-order valence-corrected chi connectivity index (χ3v) is 8.41. The second kappa shape index (κ2) is 9.98. The molecule has 5 rings (SSSR count). The maximum atomic E-state index is 13.7. The quantitative estimate of drug-likeness (QED) is 0.287. The Morgan fingerprint density at radius 2 is 1.77 bits per heavy atom. The van der Waals surface area contributed by atoms with Crippen LogP contribution in [0.25, 0.3) is 4.91 Å². The van der Waals surface area contributed by atoms with Crippen LogP contribution < -0.4 is 5.73 Å². The van der Waals surface area contributed by atoms with Gasteiger partial charge in [0.2, 0.25) is 5.91 Å². The average molecular weight is 523 g/mol. The summed E-state index contributed by atoms with van der Waals surface area (Å²) < 4.78 is 6.10. The summed E-state index contributed by atoms with van der Waals surface area (Å²) in [5, 5.41) is 9.31. The minimum Gasteiger partial charge on any atom is -0.448 e. The fourth-order valence-electron chi connectivity index (χ4n) is 4.01. The van der Waals surface area contributed by atoms with Crippen molar-refractivity contribution >= 4 is 52.5 Å². The number of esters is 1. The zero-order chi connectivity index (χ0) is 24.5. The first kappa shape index (κ1) is 23.8. The fourth-order valence-corrected chi connectivity index (χ4v) is 6.21. The van der Waals surface area contributed by atoms with Crippen LogP contribution in [0, 0.1) is 6.92 Å². The molecular weight excluding hydrogens is 501 g/mol. The van der Waals surface area contributed by atoms with E-state index < -0.39 is 18.1 Å². The highest BCUT2D eigenvalue weighted by atomic mass is 32.2. The van der Waals surface area contributed by atoms with E-state index in [2.05, 4.69) is 22.8 Å². The Balaban J connectivity index is 1.54. The Kier molecular flexibility index (Phi) is 6.79. The lowest BCUT2D eigenvalue weighted by Gasteiger charge is -2.48. The Hall–Kier alpha value is -2.92. The van der Waals surface area contributed by atoms with Crippen LogP contribution >= 0.6 is 35.7 Å². The van der Waals surface area contributed by atoms with Crippen LogP contribution in [0.1, 0.15) is 27.2 Å². The molecule has 2 aliphatic heterocycles. The van der Waals surface area contributed by atoms with E-state index in [0.717, 1.165) is 16.1 Å². The van der Waals surface area contributed by atoms with Crippen LogP contribution in [-0.4, -0.2) is 44.1 Å². The number of thiol groups is 1. The summed E-state index contributed by atoms with van der Waals surface area (Å²) in [6, 6.07) is 18.4. The lowest BCUT2D eigenvalue weighted by Crippen LogP contribution is -2.68. The molecule has 0 spiro atoms.